The predicted octanol–water partition coefficient (Wildman–Crippen LogP) is 3.07. The fourth-order valence-electron chi connectivity index (χ4n) is 1.56. The normalized spacial score (nSPS) is 15.1. The summed E-state index contributed by atoms with van der Waals surface area (Å²) in [5, 5.41) is 11.9. The summed E-state index contributed by atoms with van der Waals surface area (Å²) in [6.45, 7) is 5.27. The van der Waals surface area contributed by atoms with Crippen molar-refractivity contribution in [1.82, 2.24) is 4.98 Å². The first-order chi connectivity index (χ1) is 8.76. The zero-order chi connectivity index (χ0) is 14.2. The summed E-state index contributed by atoms with van der Waals surface area (Å²) in [6, 6.07) is 0. The average molecular weight is 284 g/mol. The molecule has 7 heteroatoms. The number of nitrogens with one attached hydrogen (secondary N) is 1. The summed E-state index contributed by atoms with van der Waals surface area (Å²) in [4.78, 5) is 27.1. The Kier molecular flexibility index (Phi) is 3.49. The van der Waals surface area contributed by atoms with E-state index in [4.69, 9.17) is 9.84 Å². The number of nitrogens with zero attached hydrogens (tertiary/aromatic N) is 1. The van der Waals surface area contributed by atoms with Gasteiger partial charge in [-0.2, -0.15) is 0 Å². The lowest BCUT2D eigenvalue weighted by Crippen LogP contribution is -2.27. The lowest BCUT2D eigenvalue weighted by atomic mass is 10.2. The molecule has 6 nitrogen and oxygen atoms in total. The maximum Gasteiger partial charge on any atom is 0.413 e. The van der Waals surface area contributed by atoms with E-state index in [1.807, 2.05) is 0 Å². The van der Waals surface area contributed by atoms with Crippen molar-refractivity contribution in [3.05, 3.63) is 10.6 Å². The summed E-state index contributed by atoms with van der Waals surface area (Å²) in [7, 11) is 0. The number of hydrogen-bond donors (Lipinski definition) is 2. The van der Waals surface area contributed by atoms with Gasteiger partial charge < -0.3 is 9.84 Å². The number of amides is 1. The lowest BCUT2D eigenvalue weighted by molar-refractivity contribution is 0.0634. The van der Waals surface area contributed by atoms with Crippen molar-refractivity contribution in [3.63, 3.8) is 0 Å². The van der Waals surface area contributed by atoms with Gasteiger partial charge in [0.15, 0.2) is 5.13 Å². The van der Waals surface area contributed by atoms with Gasteiger partial charge in [0.2, 0.25) is 0 Å². The number of carbonyl (C=O) groups excluding carboxylic acids is 1. The van der Waals surface area contributed by atoms with Gasteiger partial charge in [-0.1, -0.05) is 11.3 Å². The third-order valence-electron chi connectivity index (χ3n) is 2.42. The molecule has 0 bridgehead atoms. The fourth-order valence-corrected chi connectivity index (χ4v) is 2.44. The second-order valence-electron chi connectivity index (χ2n) is 5.44. The number of anilines is 1. The van der Waals surface area contributed by atoms with Crippen molar-refractivity contribution in [1.29, 1.82) is 0 Å². The van der Waals surface area contributed by atoms with Crippen LogP contribution in [0.4, 0.5) is 9.93 Å². The molecule has 1 heterocycles. The van der Waals surface area contributed by atoms with Gasteiger partial charge in [0.25, 0.3) is 0 Å². The van der Waals surface area contributed by atoms with Crippen LogP contribution in [-0.4, -0.2) is 27.8 Å². The average Bonchev–Trinajstić information content (AvgIpc) is 2.97. The monoisotopic (exact) mass is 284 g/mol. The Morgan fingerprint density at radius 3 is 2.53 bits per heavy atom. The number of carboxylic acids is 1. The van der Waals surface area contributed by atoms with Crippen LogP contribution in [0.15, 0.2) is 0 Å². The quantitative estimate of drug-likeness (QED) is 0.890. The molecule has 2 rings (SSSR count). The largest absolute Gasteiger partial charge is 0.477 e. The van der Waals surface area contributed by atoms with Gasteiger partial charge in [-0.05, 0) is 33.6 Å². The van der Waals surface area contributed by atoms with Gasteiger partial charge in [0, 0.05) is 5.92 Å². The van der Waals surface area contributed by atoms with Gasteiger partial charge in [-0.15, -0.1) is 0 Å². The standard InChI is InChI=1S/C12H16N2O4S/c1-12(2,3)18-11(17)14-10-13-7(6-4-5-6)8(19-10)9(15)16/h6H,4-5H2,1-3H3,(H,15,16)(H,13,14,17). The molecule has 2 N–H and O–H groups in total. The molecule has 0 aromatic carbocycles. The van der Waals surface area contributed by atoms with Crippen LogP contribution in [0.3, 0.4) is 0 Å². The highest BCUT2D eigenvalue weighted by atomic mass is 32.1. The molecule has 104 valence electrons. The number of carbonyl (C=O) groups is 2. The number of ether oxygens (including phenoxy) is 1. The van der Waals surface area contributed by atoms with Gasteiger partial charge in [0.1, 0.15) is 10.5 Å². The summed E-state index contributed by atoms with van der Waals surface area (Å²) >= 11 is 0.968. The van der Waals surface area contributed by atoms with Crippen molar-refractivity contribution in [2.24, 2.45) is 0 Å². The summed E-state index contributed by atoms with van der Waals surface area (Å²) in [5.74, 6) is -0.784. The number of aromatic carboxylic acids is 1. The first kappa shape index (κ1) is 13.8. The molecule has 1 aliphatic rings. The zero-order valence-electron chi connectivity index (χ0n) is 11.0. The van der Waals surface area contributed by atoms with E-state index in [2.05, 4.69) is 10.3 Å². The van der Waals surface area contributed by atoms with Gasteiger partial charge in [0.05, 0.1) is 5.69 Å². The molecule has 1 fully saturated rings. The topological polar surface area (TPSA) is 88.5 Å². The highest BCUT2D eigenvalue weighted by Crippen LogP contribution is 2.43. The van der Waals surface area contributed by atoms with Crippen LogP contribution in [0, 0.1) is 0 Å². The molecule has 0 saturated heterocycles. The van der Waals surface area contributed by atoms with E-state index < -0.39 is 17.7 Å². The Labute approximate surface area is 114 Å². The molecule has 1 aromatic rings. The van der Waals surface area contributed by atoms with Crippen LogP contribution in [0.1, 0.15) is 54.9 Å². The van der Waals surface area contributed by atoms with Gasteiger partial charge >= 0.3 is 12.1 Å². The number of carboxylic acid groups (broad SMARTS) is 1. The molecular formula is C12H16N2O4S. The van der Waals surface area contributed by atoms with E-state index in [0.717, 1.165) is 24.2 Å². The van der Waals surface area contributed by atoms with E-state index in [1.165, 1.54) is 0 Å². The first-order valence-electron chi connectivity index (χ1n) is 6.00. The molecule has 1 saturated carbocycles. The Morgan fingerprint density at radius 2 is 2.05 bits per heavy atom. The molecule has 1 aliphatic carbocycles. The third kappa shape index (κ3) is 3.66. The minimum atomic E-state index is -1.00. The SMILES string of the molecule is CC(C)(C)OC(=O)Nc1nc(C2CC2)c(C(=O)O)s1. The van der Waals surface area contributed by atoms with E-state index in [1.54, 1.807) is 20.8 Å². The number of hydrogen-bond acceptors (Lipinski definition) is 5. The maximum atomic E-state index is 11.6. The lowest BCUT2D eigenvalue weighted by Gasteiger charge is -2.18. The van der Waals surface area contributed by atoms with Crippen LogP contribution in [-0.2, 0) is 4.74 Å². The molecular weight excluding hydrogens is 268 g/mol. The molecule has 0 atom stereocenters. The van der Waals surface area contributed by atoms with Crippen molar-refractivity contribution in [3.8, 4) is 0 Å². The Hall–Kier alpha value is -1.63. The Bertz CT molecular complexity index is 514. The highest BCUT2D eigenvalue weighted by Gasteiger charge is 2.32. The summed E-state index contributed by atoms with van der Waals surface area (Å²) in [6.07, 6.45) is 1.28. The second kappa shape index (κ2) is 4.80. The fraction of sp³-hybridized carbons (Fsp3) is 0.583. The highest BCUT2D eigenvalue weighted by molar-refractivity contribution is 7.17. The van der Waals surface area contributed by atoms with E-state index >= 15 is 0 Å². The van der Waals surface area contributed by atoms with Gasteiger partial charge in [-0.25, -0.2) is 14.6 Å². The van der Waals surface area contributed by atoms with Crippen LogP contribution in [0.2, 0.25) is 0 Å². The Balaban J connectivity index is 2.11. The van der Waals surface area contributed by atoms with Crippen molar-refractivity contribution < 1.29 is 19.4 Å². The minimum absolute atomic E-state index is 0.202. The minimum Gasteiger partial charge on any atom is -0.477 e. The van der Waals surface area contributed by atoms with Crippen molar-refractivity contribution in [2.75, 3.05) is 5.32 Å². The third-order valence-corrected chi connectivity index (χ3v) is 3.39. The first-order valence-corrected chi connectivity index (χ1v) is 6.82. The molecule has 1 amide bonds. The van der Waals surface area contributed by atoms with Crippen LogP contribution >= 0.6 is 11.3 Å². The number of aromatic nitrogens is 1. The van der Waals surface area contributed by atoms with Crippen molar-refractivity contribution >= 4 is 28.5 Å². The number of rotatable bonds is 3. The van der Waals surface area contributed by atoms with E-state index in [0.29, 0.717) is 5.69 Å². The van der Waals surface area contributed by atoms with E-state index in [-0.39, 0.29) is 15.9 Å². The number of thiazole rings is 1. The summed E-state index contributed by atoms with van der Waals surface area (Å²) in [5.41, 5.74) is -0.0282. The van der Waals surface area contributed by atoms with Crippen LogP contribution in [0.25, 0.3) is 0 Å². The summed E-state index contributed by atoms with van der Waals surface area (Å²) < 4.78 is 5.10. The molecule has 0 radical (unpaired) electrons. The maximum absolute atomic E-state index is 11.6. The molecule has 0 spiro atoms. The van der Waals surface area contributed by atoms with E-state index in [9.17, 15) is 9.59 Å². The van der Waals surface area contributed by atoms with Gasteiger partial charge in [-0.3, -0.25) is 5.32 Å². The molecule has 0 aliphatic heterocycles. The van der Waals surface area contributed by atoms with Crippen molar-refractivity contribution in [2.45, 2.75) is 45.1 Å². The smallest absolute Gasteiger partial charge is 0.413 e. The van der Waals surface area contributed by atoms with Crippen LogP contribution in [0.5, 0.6) is 0 Å². The van der Waals surface area contributed by atoms with Crippen LogP contribution < -0.4 is 5.32 Å². The predicted molar refractivity (Wildman–Crippen MR) is 70.9 cm³/mol. The second-order valence-corrected chi connectivity index (χ2v) is 6.44. The Morgan fingerprint density at radius 1 is 1.42 bits per heavy atom. The molecule has 19 heavy (non-hydrogen) atoms. The molecule has 1 aromatic heterocycles. The molecule has 0 unspecified atom stereocenters. The zero-order valence-corrected chi connectivity index (χ0v) is 11.8.